The van der Waals surface area contributed by atoms with Crippen LogP contribution in [0.4, 0.5) is 11.4 Å². The molecular formula is C24H24N2O6. The van der Waals surface area contributed by atoms with Crippen LogP contribution in [0.15, 0.2) is 60.7 Å². The van der Waals surface area contributed by atoms with Gasteiger partial charge in [0.15, 0.2) is 0 Å². The number of benzene rings is 3. The molecule has 0 aliphatic carbocycles. The minimum absolute atomic E-state index is 0.317. The molecule has 2 N–H and O–H groups in total. The predicted octanol–water partition coefficient (Wildman–Crippen LogP) is 4.23. The molecule has 32 heavy (non-hydrogen) atoms. The number of anilines is 2. The molecule has 0 spiro atoms. The van der Waals surface area contributed by atoms with Gasteiger partial charge in [0.05, 0.1) is 39.8 Å². The molecule has 0 saturated carbocycles. The number of carbonyl (C=O) groups excluding carboxylic acids is 2. The van der Waals surface area contributed by atoms with Crippen molar-refractivity contribution in [3.05, 3.63) is 71.8 Å². The van der Waals surface area contributed by atoms with Gasteiger partial charge < -0.3 is 29.6 Å². The zero-order valence-electron chi connectivity index (χ0n) is 18.2. The average Bonchev–Trinajstić information content (AvgIpc) is 2.84. The minimum Gasteiger partial charge on any atom is -0.497 e. The van der Waals surface area contributed by atoms with Crippen LogP contribution in [0.2, 0.25) is 0 Å². The van der Waals surface area contributed by atoms with Crippen molar-refractivity contribution >= 4 is 23.2 Å². The normalized spacial score (nSPS) is 10.1. The maximum Gasteiger partial charge on any atom is 0.255 e. The molecule has 0 radical (unpaired) electrons. The Kier molecular flexibility index (Phi) is 7.17. The van der Waals surface area contributed by atoms with Crippen molar-refractivity contribution in [3.63, 3.8) is 0 Å². The highest BCUT2D eigenvalue weighted by Crippen LogP contribution is 2.30. The van der Waals surface area contributed by atoms with Crippen LogP contribution in [0.25, 0.3) is 0 Å². The zero-order valence-corrected chi connectivity index (χ0v) is 18.2. The van der Waals surface area contributed by atoms with Crippen LogP contribution < -0.4 is 29.6 Å². The summed E-state index contributed by atoms with van der Waals surface area (Å²) in [5.41, 5.74) is 1.60. The lowest BCUT2D eigenvalue weighted by Crippen LogP contribution is -2.16. The number of methoxy groups -OCH3 is 4. The van der Waals surface area contributed by atoms with Crippen molar-refractivity contribution in [3.8, 4) is 23.0 Å². The summed E-state index contributed by atoms with van der Waals surface area (Å²) in [6.07, 6.45) is 0. The lowest BCUT2D eigenvalue weighted by atomic mass is 10.1. The quantitative estimate of drug-likeness (QED) is 0.549. The molecule has 0 aliphatic heterocycles. The van der Waals surface area contributed by atoms with E-state index in [1.165, 1.54) is 20.3 Å². The minimum atomic E-state index is -0.384. The van der Waals surface area contributed by atoms with Gasteiger partial charge in [-0.1, -0.05) is 6.07 Å². The summed E-state index contributed by atoms with van der Waals surface area (Å²) in [7, 11) is 6.10. The van der Waals surface area contributed by atoms with E-state index in [2.05, 4.69) is 10.6 Å². The van der Waals surface area contributed by atoms with Crippen LogP contribution in [-0.4, -0.2) is 40.3 Å². The molecule has 0 atom stereocenters. The highest BCUT2D eigenvalue weighted by Gasteiger charge is 2.15. The smallest absolute Gasteiger partial charge is 0.255 e. The fourth-order valence-corrected chi connectivity index (χ4v) is 2.99. The monoisotopic (exact) mass is 436 g/mol. The summed E-state index contributed by atoms with van der Waals surface area (Å²) in [5.74, 6) is 1.35. The third kappa shape index (κ3) is 5.10. The number of hydrogen-bond acceptors (Lipinski definition) is 6. The Balaban J connectivity index is 1.78. The Morgan fingerprint density at radius 1 is 0.594 bits per heavy atom. The second-order valence-corrected chi connectivity index (χ2v) is 6.62. The zero-order chi connectivity index (χ0) is 23.1. The molecule has 0 aliphatic rings. The number of amides is 2. The third-order valence-electron chi connectivity index (χ3n) is 4.70. The van der Waals surface area contributed by atoms with Crippen LogP contribution in [0, 0.1) is 0 Å². The first-order valence-electron chi connectivity index (χ1n) is 9.66. The first kappa shape index (κ1) is 22.5. The van der Waals surface area contributed by atoms with Crippen molar-refractivity contribution in [2.24, 2.45) is 0 Å². The van der Waals surface area contributed by atoms with Crippen molar-refractivity contribution < 1.29 is 28.5 Å². The van der Waals surface area contributed by atoms with Gasteiger partial charge in [0.25, 0.3) is 11.8 Å². The van der Waals surface area contributed by atoms with E-state index in [1.54, 1.807) is 68.8 Å². The molecule has 2 amide bonds. The van der Waals surface area contributed by atoms with Crippen molar-refractivity contribution in [1.29, 1.82) is 0 Å². The highest BCUT2D eigenvalue weighted by molar-refractivity contribution is 6.09. The molecule has 0 bridgehead atoms. The van der Waals surface area contributed by atoms with Crippen molar-refractivity contribution in [2.45, 2.75) is 0 Å². The van der Waals surface area contributed by atoms with Gasteiger partial charge in [0, 0.05) is 23.3 Å². The van der Waals surface area contributed by atoms with Crippen LogP contribution in [0.1, 0.15) is 20.7 Å². The van der Waals surface area contributed by atoms with Crippen LogP contribution in [0.5, 0.6) is 23.0 Å². The second-order valence-electron chi connectivity index (χ2n) is 6.62. The Labute approximate surface area is 186 Å². The van der Waals surface area contributed by atoms with Gasteiger partial charge in [-0.3, -0.25) is 9.59 Å². The van der Waals surface area contributed by atoms with Gasteiger partial charge in [0.1, 0.15) is 23.0 Å². The largest absolute Gasteiger partial charge is 0.497 e. The van der Waals surface area contributed by atoms with E-state index in [0.717, 1.165) is 0 Å². The number of ether oxygens (including phenoxy) is 4. The SMILES string of the molecule is COc1ccc(NC(=O)c2cccc(C(=O)Nc3ccc(OC)cc3OC)c2)c(OC)c1. The number of rotatable bonds is 8. The molecule has 166 valence electrons. The Morgan fingerprint density at radius 3 is 1.41 bits per heavy atom. The van der Waals surface area contributed by atoms with Gasteiger partial charge >= 0.3 is 0 Å². The van der Waals surface area contributed by atoms with Crippen LogP contribution in [-0.2, 0) is 0 Å². The molecule has 3 aromatic carbocycles. The third-order valence-corrected chi connectivity index (χ3v) is 4.70. The highest BCUT2D eigenvalue weighted by atomic mass is 16.5. The first-order chi connectivity index (χ1) is 15.5. The summed E-state index contributed by atoms with van der Waals surface area (Å²) in [6, 6.07) is 16.5. The molecule has 0 heterocycles. The average molecular weight is 436 g/mol. The predicted molar refractivity (Wildman–Crippen MR) is 121 cm³/mol. The fourth-order valence-electron chi connectivity index (χ4n) is 2.99. The van der Waals surface area contributed by atoms with Gasteiger partial charge in [0.2, 0.25) is 0 Å². The summed E-state index contributed by atoms with van der Waals surface area (Å²) in [6.45, 7) is 0. The van der Waals surface area contributed by atoms with E-state index in [4.69, 9.17) is 18.9 Å². The Bertz CT molecular complexity index is 1040. The molecule has 3 aromatic rings. The molecule has 3 rings (SSSR count). The van der Waals surface area contributed by atoms with E-state index in [-0.39, 0.29) is 11.8 Å². The molecule has 8 heteroatoms. The maximum absolute atomic E-state index is 12.8. The summed E-state index contributed by atoms with van der Waals surface area (Å²) >= 11 is 0. The molecular weight excluding hydrogens is 412 g/mol. The second kappa shape index (κ2) is 10.2. The van der Waals surface area contributed by atoms with E-state index in [9.17, 15) is 9.59 Å². The molecule has 0 fully saturated rings. The first-order valence-corrected chi connectivity index (χ1v) is 9.66. The molecule has 0 saturated heterocycles. The van der Waals surface area contributed by atoms with Crippen LogP contribution in [0.3, 0.4) is 0 Å². The fraction of sp³-hybridized carbons (Fsp3) is 0.167. The van der Waals surface area contributed by atoms with Gasteiger partial charge in [-0.2, -0.15) is 0 Å². The molecule has 0 unspecified atom stereocenters. The van der Waals surface area contributed by atoms with E-state index in [1.807, 2.05) is 0 Å². The maximum atomic E-state index is 12.8. The molecule has 0 aromatic heterocycles. The van der Waals surface area contributed by atoms with Gasteiger partial charge in [-0.15, -0.1) is 0 Å². The number of nitrogens with one attached hydrogen (secondary N) is 2. The van der Waals surface area contributed by atoms with Crippen LogP contribution >= 0.6 is 0 Å². The summed E-state index contributed by atoms with van der Waals surface area (Å²) < 4.78 is 21.0. The van der Waals surface area contributed by atoms with E-state index < -0.39 is 0 Å². The summed E-state index contributed by atoms with van der Waals surface area (Å²) in [4.78, 5) is 25.6. The topological polar surface area (TPSA) is 95.1 Å². The lowest BCUT2D eigenvalue weighted by molar-refractivity contribution is 0.102. The van der Waals surface area contributed by atoms with Gasteiger partial charge in [-0.05, 0) is 42.5 Å². The standard InChI is InChI=1S/C24H24N2O6/c1-29-17-8-10-19(21(13-17)31-3)25-23(27)15-6-5-7-16(12-15)24(28)26-20-11-9-18(30-2)14-22(20)32-4/h5-14H,1-4H3,(H,25,27)(H,26,28). The number of hydrogen-bond donors (Lipinski definition) is 2. The van der Waals surface area contributed by atoms with E-state index >= 15 is 0 Å². The Morgan fingerprint density at radius 2 is 1.03 bits per heavy atom. The van der Waals surface area contributed by atoms with Crippen molar-refractivity contribution in [2.75, 3.05) is 39.1 Å². The number of carbonyl (C=O) groups is 2. The van der Waals surface area contributed by atoms with Crippen molar-refractivity contribution in [1.82, 2.24) is 0 Å². The van der Waals surface area contributed by atoms with E-state index in [0.29, 0.717) is 45.5 Å². The lowest BCUT2D eigenvalue weighted by Gasteiger charge is -2.13. The van der Waals surface area contributed by atoms with Gasteiger partial charge in [-0.25, -0.2) is 0 Å². The summed E-state index contributed by atoms with van der Waals surface area (Å²) in [5, 5.41) is 5.58. The molecule has 8 nitrogen and oxygen atoms in total. The Hall–Kier alpha value is -4.20.